The molecule has 0 unspecified atom stereocenters. The second-order valence-corrected chi connectivity index (χ2v) is 7.49. The highest BCUT2D eigenvalue weighted by molar-refractivity contribution is 9.10. The number of nitrogens with zero attached hydrogens (tertiary/aromatic N) is 2. The van der Waals surface area contributed by atoms with Crippen molar-refractivity contribution in [3.05, 3.63) is 86.4 Å². The predicted octanol–water partition coefficient (Wildman–Crippen LogP) is 5.98. The fraction of sp³-hybridized carbons (Fsp3) is 0.0909. The van der Waals surface area contributed by atoms with Crippen LogP contribution in [0.5, 0.6) is 0 Å². The van der Waals surface area contributed by atoms with Crippen molar-refractivity contribution in [2.24, 2.45) is 0 Å². The zero-order chi connectivity index (χ0) is 21.3. The number of carbonyl (C=O) groups is 1. The van der Waals surface area contributed by atoms with Crippen LogP contribution >= 0.6 is 15.9 Å². The lowest BCUT2D eigenvalue weighted by molar-refractivity contribution is -0.384. The number of non-ortho nitro benzene ring substituents is 1. The Hall–Kier alpha value is -3.52. The van der Waals surface area contributed by atoms with Crippen LogP contribution in [0.1, 0.15) is 22.8 Å². The van der Waals surface area contributed by atoms with Gasteiger partial charge in [0.2, 0.25) is 5.89 Å². The van der Waals surface area contributed by atoms with Gasteiger partial charge in [-0.05, 0) is 76.4 Å². The first-order valence-electron chi connectivity index (χ1n) is 9.20. The number of nitro groups is 1. The van der Waals surface area contributed by atoms with Crippen molar-refractivity contribution in [3.8, 4) is 11.5 Å². The van der Waals surface area contributed by atoms with Gasteiger partial charge in [-0.3, -0.25) is 14.9 Å². The number of oxazole rings is 1. The number of nitro benzene ring substituents is 1. The van der Waals surface area contributed by atoms with E-state index in [1.807, 2.05) is 24.3 Å². The molecule has 0 aliphatic rings. The molecule has 1 N–H and O–H groups in total. The lowest BCUT2D eigenvalue weighted by atomic mass is 10.1. The minimum atomic E-state index is -0.506. The smallest absolute Gasteiger partial charge is 0.269 e. The molecule has 0 saturated carbocycles. The maximum absolute atomic E-state index is 12.3. The van der Waals surface area contributed by atoms with E-state index in [0.717, 1.165) is 22.0 Å². The van der Waals surface area contributed by atoms with Crippen LogP contribution in [0.25, 0.3) is 22.6 Å². The van der Waals surface area contributed by atoms with Gasteiger partial charge in [-0.15, -0.1) is 0 Å². The van der Waals surface area contributed by atoms with Crippen LogP contribution in [0.15, 0.2) is 69.6 Å². The molecule has 1 heterocycles. The quantitative estimate of drug-likeness (QED) is 0.288. The van der Waals surface area contributed by atoms with Gasteiger partial charge in [0.05, 0.1) is 9.40 Å². The maximum Gasteiger partial charge on any atom is 0.269 e. The molecular formula is C22H16BrN3O4. The van der Waals surface area contributed by atoms with Crippen molar-refractivity contribution in [2.45, 2.75) is 13.3 Å². The van der Waals surface area contributed by atoms with Crippen LogP contribution in [0.2, 0.25) is 0 Å². The summed E-state index contributed by atoms with van der Waals surface area (Å²) in [6.07, 6.45) is 0.903. The predicted molar refractivity (Wildman–Crippen MR) is 118 cm³/mol. The highest BCUT2D eigenvalue weighted by Gasteiger charge is 2.13. The normalized spacial score (nSPS) is 10.9. The van der Waals surface area contributed by atoms with Crippen LogP contribution in [0.4, 0.5) is 11.4 Å². The molecule has 30 heavy (non-hydrogen) atoms. The van der Waals surface area contributed by atoms with Crippen LogP contribution in [-0.2, 0) is 6.42 Å². The van der Waals surface area contributed by atoms with E-state index in [1.165, 1.54) is 29.8 Å². The highest BCUT2D eigenvalue weighted by atomic mass is 79.9. The molecular weight excluding hydrogens is 450 g/mol. The van der Waals surface area contributed by atoms with Gasteiger partial charge in [0.1, 0.15) is 5.52 Å². The van der Waals surface area contributed by atoms with Gasteiger partial charge in [0, 0.05) is 28.9 Å². The molecule has 7 nitrogen and oxygen atoms in total. The summed E-state index contributed by atoms with van der Waals surface area (Å²) in [5.74, 6) is 0.141. The summed E-state index contributed by atoms with van der Waals surface area (Å²) in [5.41, 5.74) is 4.28. The van der Waals surface area contributed by atoms with Gasteiger partial charge in [0.25, 0.3) is 11.6 Å². The lowest BCUT2D eigenvalue weighted by Gasteiger charge is -2.05. The van der Waals surface area contributed by atoms with Gasteiger partial charge in [-0.25, -0.2) is 4.98 Å². The zero-order valence-corrected chi connectivity index (χ0v) is 17.5. The third kappa shape index (κ3) is 3.95. The van der Waals surface area contributed by atoms with E-state index < -0.39 is 4.92 Å². The molecule has 0 radical (unpaired) electrons. The minimum Gasteiger partial charge on any atom is -0.435 e. The monoisotopic (exact) mass is 465 g/mol. The van der Waals surface area contributed by atoms with Gasteiger partial charge in [-0.2, -0.15) is 0 Å². The summed E-state index contributed by atoms with van der Waals surface area (Å²) in [7, 11) is 0. The van der Waals surface area contributed by atoms with Crippen LogP contribution in [-0.4, -0.2) is 15.8 Å². The summed E-state index contributed by atoms with van der Waals surface area (Å²) in [5, 5.41) is 13.5. The SMILES string of the molecule is CCc1cc(Br)c2oc(-c3ccc(NC(=O)c4ccc([N+](=O)[O-])cc4)cc3)nc2c1. The van der Waals surface area contributed by atoms with E-state index in [4.69, 9.17) is 4.42 Å². The Labute approximate surface area is 180 Å². The molecule has 0 saturated heterocycles. The number of fused-ring (bicyclic) bond motifs is 1. The summed E-state index contributed by atoms with van der Waals surface area (Å²) in [4.78, 5) is 27.1. The van der Waals surface area contributed by atoms with Crippen LogP contribution < -0.4 is 5.32 Å². The number of halogens is 1. The van der Waals surface area contributed by atoms with E-state index in [9.17, 15) is 14.9 Å². The van der Waals surface area contributed by atoms with Gasteiger partial charge >= 0.3 is 0 Å². The summed E-state index contributed by atoms with van der Waals surface area (Å²) in [6, 6.07) is 16.6. The topological polar surface area (TPSA) is 98.3 Å². The third-order valence-corrected chi connectivity index (χ3v) is 5.23. The van der Waals surface area contributed by atoms with Crippen molar-refractivity contribution >= 4 is 44.3 Å². The molecule has 4 rings (SSSR count). The van der Waals surface area contributed by atoms with Gasteiger partial charge in [0.15, 0.2) is 5.58 Å². The fourth-order valence-corrected chi connectivity index (χ4v) is 3.59. The highest BCUT2D eigenvalue weighted by Crippen LogP contribution is 2.31. The molecule has 0 aliphatic carbocycles. The number of carbonyl (C=O) groups excluding carboxylic acids is 1. The number of aromatic nitrogens is 1. The maximum atomic E-state index is 12.3. The fourth-order valence-electron chi connectivity index (χ4n) is 3.01. The number of amides is 1. The standard InChI is InChI=1S/C22H16BrN3O4/c1-2-13-11-18(23)20-19(12-13)25-22(30-20)15-3-7-16(8-4-15)24-21(27)14-5-9-17(10-6-14)26(28)29/h3-12H,2H2,1H3,(H,24,27). The molecule has 1 aromatic heterocycles. The number of anilines is 1. The van der Waals surface area contributed by atoms with Crippen molar-refractivity contribution in [3.63, 3.8) is 0 Å². The lowest BCUT2D eigenvalue weighted by Crippen LogP contribution is -2.11. The Bertz CT molecular complexity index is 1250. The Morgan fingerprint density at radius 3 is 2.47 bits per heavy atom. The molecule has 0 bridgehead atoms. The van der Waals surface area contributed by atoms with Crippen LogP contribution in [0, 0.1) is 10.1 Å². The van der Waals surface area contributed by atoms with E-state index >= 15 is 0 Å². The molecule has 3 aromatic carbocycles. The van der Waals surface area contributed by atoms with Crippen LogP contribution in [0.3, 0.4) is 0 Å². The zero-order valence-electron chi connectivity index (χ0n) is 15.9. The summed E-state index contributed by atoms with van der Waals surface area (Å²) < 4.78 is 6.77. The van der Waals surface area contributed by atoms with Crippen molar-refractivity contribution in [2.75, 3.05) is 5.32 Å². The Morgan fingerprint density at radius 1 is 1.13 bits per heavy atom. The molecule has 8 heteroatoms. The molecule has 0 aliphatic heterocycles. The molecule has 0 atom stereocenters. The van der Waals surface area contributed by atoms with E-state index in [-0.39, 0.29) is 11.6 Å². The van der Waals surface area contributed by atoms with E-state index in [0.29, 0.717) is 22.7 Å². The number of hydrogen-bond donors (Lipinski definition) is 1. The number of rotatable bonds is 5. The summed E-state index contributed by atoms with van der Waals surface area (Å²) >= 11 is 3.53. The minimum absolute atomic E-state index is 0.0630. The van der Waals surface area contributed by atoms with E-state index in [2.05, 4.69) is 33.2 Å². The van der Waals surface area contributed by atoms with Crippen molar-refractivity contribution < 1.29 is 14.1 Å². The number of hydrogen-bond acceptors (Lipinski definition) is 5. The average Bonchev–Trinajstić information content (AvgIpc) is 3.19. The molecule has 150 valence electrons. The third-order valence-electron chi connectivity index (χ3n) is 4.64. The first-order chi connectivity index (χ1) is 14.4. The summed E-state index contributed by atoms with van der Waals surface area (Å²) in [6.45, 7) is 2.08. The van der Waals surface area contributed by atoms with E-state index in [1.54, 1.807) is 12.1 Å². The number of benzene rings is 3. The number of aryl methyl sites for hydroxylation is 1. The Morgan fingerprint density at radius 2 is 1.83 bits per heavy atom. The van der Waals surface area contributed by atoms with Crippen molar-refractivity contribution in [1.29, 1.82) is 0 Å². The molecule has 0 spiro atoms. The first-order valence-corrected chi connectivity index (χ1v) is 9.99. The van der Waals surface area contributed by atoms with Gasteiger partial charge in [-0.1, -0.05) is 6.92 Å². The van der Waals surface area contributed by atoms with Crippen molar-refractivity contribution in [1.82, 2.24) is 4.98 Å². The number of nitrogens with one attached hydrogen (secondary N) is 1. The largest absolute Gasteiger partial charge is 0.435 e. The van der Waals surface area contributed by atoms with Gasteiger partial charge < -0.3 is 9.73 Å². The second-order valence-electron chi connectivity index (χ2n) is 6.63. The molecule has 1 amide bonds. The average molecular weight is 466 g/mol. The second kappa shape index (κ2) is 8.08. The Balaban J connectivity index is 1.52. The Kier molecular flexibility index (Phi) is 5.33. The first kappa shape index (κ1) is 19.8. The molecule has 4 aromatic rings. The molecule has 0 fully saturated rings.